The summed E-state index contributed by atoms with van der Waals surface area (Å²) in [4.78, 5) is 0. The average Bonchev–Trinajstić information content (AvgIpc) is 3.15. The SMILES string of the molecule is CCOc1ccc(-n2c(-c3ccccc3)nnc2-c2ccccc2)cc1. The lowest BCUT2D eigenvalue weighted by molar-refractivity contribution is 0.340. The number of hydrogen-bond acceptors (Lipinski definition) is 3. The van der Waals surface area contributed by atoms with Gasteiger partial charge in [0.05, 0.1) is 6.61 Å². The number of aromatic nitrogens is 3. The van der Waals surface area contributed by atoms with E-state index in [1.54, 1.807) is 0 Å². The van der Waals surface area contributed by atoms with Crippen LogP contribution in [0.4, 0.5) is 0 Å². The van der Waals surface area contributed by atoms with Crippen LogP contribution in [-0.2, 0) is 0 Å². The maximum Gasteiger partial charge on any atom is 0.168 e. The summed E-state index contributed by atoms with van der Waals surface area (Å²) in [5.41, 5.74) is 3.04. The zero-order chi connectivity index (χ0) is 17.8. The topological polar surface area (TPSA) is 39.9 Å². The Balaban J connectivity index is 1.88. The van der Waals surface area contributed by atoms with E-state index in [0.29, 0.717) is 6.61 Å². The van der Waals surface area contributed by atoms with Gasteiger partial charge in [0.25, 0.3) is 0 Å². The highest BCUT2D eigenvalue weighted by Crippen LogP contribution is 2.29. The van der Waals surface area contributed by atoms with E-state index in [4.69, 9.17) is 4.74 Å². The standard InChI is InChI=1S/C22H19N3O/c1-2-26-20-15-13-19(14-16-20)25-21(17-9-5-3-6-10-17)23-24-22(25)18-11-7-4-8-12-18/h3-16H,2H2,1H3. The molecule has 4 nitrogen and oxygen atoms in total. The molecule has 4 heteroatoms. The van der Waals surface area contributed by atoms with Crippen molar-refractivity contribution in [3.05, 3.63) is 84.9 Å². The van der Waals surface area contributed by atoms with Crippen molar-refractivity contribution < 1.29 is 4.74 Å². The van der Waals surface area contributed by atoms with Gasteiger partial charge in [0, 0.05) is 16.8 Å². The second-order valence-corrected chi connectivity index (χ2v) is 5.84. The van der Waals surface area contributed by atoms with Crippen LogP contribution in [-0.4, -0.2) is 21.4 Å². The van der Waals surface area contributed by atoms with Crippen molar-refractivity contribution in [2.45, 2.75) is 6.92 Å². The van der Waals surface area contributed by atoms with Crippen molar-refractivity contribution in [1.29, 1.82) is 0 Å². The molecule has 26 heavy (non-hydrogen) atoms. The summed E-state index contributed by atoms with van der Waals surface area (Å²) in [7, 11) is 0. The number of benzene rings is 3. The number of hydrogen-bond donors (Lipinski definition) is 0. The zero-order valence-corrected chi connectivity index (χ0v) is 14.5. The molecule has 128 valence electrons. The van der Waals surface area contributed by atoms with Crippen molar-refractivity contribution in [3.63, 3.8) is 0 Å². The van der Waals surface area contributed by atoms with Gasteiger partial charge in [-0.05, 0) is 31.2 Å². The van der Waals surface area contributed by atoms with E-state index >= 15 is 0 Å². The van der Waals surface area contributed by atoms with Crippen LogP contribution in [0.25, 0.3) is 28.5 Å². The van der Waals surface area contributed by atoms with E-state index in [0.717, 1.165) is 34.2 Å². The van der Waals surface area contributed by atoms with E-state index in [1.165, 1.54) is 0 Å². The Morgan fingerprint density at radius 2 is 1.19 bits per heavy atom. The molecule has 0 N–H and O–H groups in total. The summed E-state index contributed by atoms with van der Waals surface area (Å²) in [5.74, 6) is 2.48. The molecule has 3 aromatic carbocycles. The molecule has 0 spiro atoms. The predicted octanol–water partition coefficient (Wildman–Crippen LogP) is 5.00. The molecular weight excluding hydrogens is 322 g/mol. The van der Waals surface area contributed by atoms with Crippen LogP contribution in [0.15, 0.2) is 84.9 Å². The highest BCUT2D eigenvalue weighted by Gasteiger charge is 2.16. The molecule has 0 fully saturated rings. The molecule has 1 heterocycles. The van der Waals surface area contributed by atoms with E-state index in [1.807, 2.05) is 91.9 Å². The third kappa shape index (κ3) is 3.09. The smallest absolute Gasteiger partial charge is 0.168 e. The van der Waals surface area contributed by atoms with Crippen LogP contribution in [0.3, 0.4) is 0 Å². The van der Waals surface area contributed by atoms with Crippen molar-refractivity contribution >= 4 is 0 Å². The minimum absolute atomic E-state index is 0.649. The van der Waals surface area contributed by atoms with Gasteiger partial charge in [-0.3, -0.25) is 4.57 Å². The monoisotopic (exact) mass is 341 g/mol. The van der Waals surface area contributed by atoms with Crippen LogP contribution in [0, 0.1) is 0 Å². The molecule has 0 saturated carbocycles. The molecule has 0 radical (unpaired) electrons. The maximum atomic E-state index is 5.57. The van der Waals surface area contributed by atoms with Crippen LogP contribution >= 0.6 is 0 Å². The minimum atomic E-state index is 0.649. The summed E-state index contributed by atoms with van der Waals surface area (Å²) in [5, 5.41) is 8.96. The van der Waals surface area contributed by atoms with Crippen molar-refractivity contribution in [2.24, 2.45) is 0 Å². The third-order valence-electron chi connectivity index (χ3n) is 4.13. The normalized spacial score (nSPS) is 10.7. The molecular formula is C22H19N3O. The van der Waals surface area contributed by atoms with Gasteiger partial charge in [0.2, 0.25) is 0 Å². The fraction of sp³-hybridized carbons (Fsp3) is 0.0909. The van der Waals surface area contributed by atoms with E-state index in [9.17, 15) is 0 Å². The van der Waals surface area contributed by atoms with Gasteiger partial charge in [0.1, 0.15) is 5.75 Å². The van der Waals surface area contributed by atoms with Gasteiger partial charge in [-0.25, -0.2) is 0 Å². The third-order valence-corrected chi connectivity index (χ3v) is 4.13. The average molecular weight is 341 g/mol. The van der Waals surface area contributed by atoms with Gasteiger partial charge in [-0.15, -0.1) is 10.2 Å². The summed E-state index contributed by atoms with van der Waals surface area (Å²) in [6, 6.07) is 28.2. The van der Waals surface area contributed by atoms with Gasteiger partial charge in [0.15, 0.2) is 11.6 Å². The Labute approximate surface area is 152 Å². The highest BCUT2D eigenvalue weighted by molar-refractivity contribution is 5.66. The fourth-order valence-electron chi connectivity index (χ4n) is 2.94. The molecule has 0 bridgehead atoms. The van der Waals surface area contributed by atoms with Gasteiger partial charge < -0.3 is 4.74 Å². The van der Waals surface area contributed by atoms with Crippen LogP contribution < -0.4 is 4.74 Å². The van der Waals surface area contributed by atoms with Crippen LogP contribution in [0.5, 0.6) is 5.75 Å². The molecule has 4 aromatic rings. The largest absolute Gasteiger partial charge is 0.494 e. The summed E-state index contributed by atoms with van der Waals surface area (Å²) in [6.45, 7) is 2.63. The zero-order valence-electron chi connectivity index (χ0n) is 14.5. The lowest BCUT2D eigenvalue weighted by Crippen LogP contribution is -2.00. The lowest BCUT2D eigenvalue weighted by atomic mass is 10.1. The Hall–Kier alpha value is -3.40. The van der Waals surface area contributed by atoms with E-state index in [2.05, 4.69) is 14.8 Å². The Morgan fingerprint density at radius 1 is 0.692 bits per heavy atom. The van der Waals surface area contributed by atoms with Crippen LogP contribution in [0.1, 0.15) is 6.92 Å². The molecule has 0 aliphatic carbocycles. The molecule has 0 unspecified atom stereocenters. The molecule has 0 aliphatic heterocycles. The molecule has 4 rings (SSSR count). The number of rotatable bonds is 5. The number of nitrogens with zero attached hydrogens (tertiary/aromatic N) is 3. The van der Waals surface area contributed by atoms with Crippen LogP contribution in [0.2, 0.25) is 0 Å². The molecule has 0 aliphatic rings. The second-order valence-electron chi connectivity index (χ2n) is 5.84. The van der Waals surface area contributed by atoms with Gasteiger partial charge in [-0.1, -0.05) is 60.7 Å². The Bertz CT molecular complexity index is 920. The summed E-state index contributed by atoms with van der Waals surface area (Å²) in [6.07, 6.45) is 0. The maximum absolute atomic E-state index is 5.57. The van der Waals surface area contributed by atoms with Gasteiger partial charge >= 0.3 is 0 Å². The van der Waals surface area contributed by atoms with Gasteiger partial charge in [-0.2, -0.15) is 0 Å². The molecule has 0 atom stereocenters. The number of ether oxygens (including phenoxy) is 1. The first kappa shape index (κ1) is 16.1. The van der Waals surface area contributed by atoms with E-state index in [-0.39, 0.29) is 0 Å². The summed E-state index contributed by atoms with van der Waals surface area (Å²) < 4.78 is 7.65. The minimum Gasteiger partial charge on any atom is -0.494 e. The Kier molecular flexibility index (Phi) is 4.48. The quantitative estimate of drug-likeness (QED) is 0.513. The Morgan fingerprint density at radius 3 is 1.65 bits per heavy atom. The first-order valence-corrected chi connectivity index (χ1v) is 8.66. The molecule has 1 aromatic heterocycles. The fourth-order valence-corrected chi connectivity index (χ4v) is 2.94. The van der Waals surface area contributed by atoms with E-state index < -0.39 is 0 Å². The summed E-state index contributed by atoms with van der Waals surface area (Å²) >= 11 is 0. The van der Waals surface area contributed by atoms with Crippen molar-refractivity contribution in [3.8, 4) is 34.2 Å². The first-order chi connectivity index (χ1) is 12.9. The predicted molar refractivity (Wildman–Crippen MR) is 103 cm³/mol. The molecule has 0 saturated heterocycles. The highest BCUT2D eigenvalue weighted by atomic mass is 16.5. The second kappa shape index (κ2) is 7.23. The van der Waals surface area contributed by atoms with Crippen molar-refractivity contribution in [1.82, 2.24) is 14.8 Å². The molecule has 0 amide bonds. The van der Waals surface area contributed by atoms with Crippen molar-refractivity contribution in [2.75, 3.05) is 6.61 Å². The lowest BCUT2D eigenvalue weighted by Gasteiger charge is -2.12. The first-order valence-electron chi connectivity index (χ1n) is 8.66.